The van der Waals surface area contributed by atoms with E-state index >= 15 is 0 Å². The Balaban J connectivity index is 2.33. The lowest BCUT2D eigenvalue weighted by atomic mass is 10.0. The molecule has 2 rings (SSSR count). The van der Waals surface area contributed by atoms with Gasteiger partial charge in [0.05, 0.1) is 0 Å². The van der Waals surface area contributed by atoms with Crippen LogP contribution in [0.25, 0.3) is 0 Å². The second kappa shape index (κ2) is 5.12. The second-order valence-electron chi connectivity index (χ2n) is 3.48. The Labute approximate surface area is 99.6 Å². The van der Waals surface area contributed by atoms with Gasteiger partial charge >= 0.3 is 0 Å². The van der Waals surface area contributed by atoms with Crippen LogP contribution in [0.15, 0.2) is 54.6 Å². The molecular weight excluding hydrogens is 222 g/mol. The van der Waals surface area contributed by atoms with Crippen molar-refractivity contribution in [2.45, 2.75) is 6.10 Å². The molecule has 1 unspecified atom stereocenters. The molecule has 2 N–H and O–H groups in total. The number of rotatable bonds is 3. The summed E-state index contributed by atoms with van der Waals surface area (Å²) in [4.78, 5) is 5.02. The summed E-state index contributed by atoms with van der Waals surface area (Å²) < 4.78 is 0. The van der Waals surface area contributed by atoms with Crippen LogP contribution in [0.4, 0.5) is 0 Å². The van der Waals surface area contributed by atoms with Gasteiger partial charge in [0.1, 0.15) is 6.10 Å². The summed E-state index contributed by atoms with van der Waals surface area (Å²) in [6.07, 6.45) is -0.251. The maximum Gasteiger partial charge on any atom is 0.129 e. The smallest absolute Gasteiger partial charge is 0.129 e. The van der Waals surface area contributed by atoms with Gasteiger partial charge in [-0.05, 0) is 23.3 Å². The predicted molar refractivity (Wildman–Crippen MR) is 65.0 cm³/mol. The molecule has 0 saturated carbocycles. The normalized spacial score (nSPS) is 12.4. The van der Waals surface area contributed by atoms with E-state index < -0.39 is 0 Å². The van der Waals surface area contributed by atoms with E-state index in [2.05, 4.69) is 0 Å². The average Bonchev–Trinajstić information content (AvgIpc) is 2.34. The van der Waals surface area contributed by atoms with Gasteiger partial charge in [-0.2, -0.15) is 0 Å². The third-order valence-corrected chi connectivity index (χ3v) is 2.66. The van der Waals surface area contributed by atoms with Gasteiger partial charge in [-0.15, -0.1) is 0 Å². The van der Waals surface area contributed by atoms with E-state index in [1.54, 1.807) is 0 Å². The van der Waals surface area contributed by atoms with Crippen LogP contribution < -0.4 is 5.90 Å². The maximum atomic E-state index is 5.83. The highest BCUT2D eigenvalue weighted by atomic mass is 35.5. The van der Waals surface area contributed by atoms with Crippen LogP contribution in [0.3, 0.4) is 0 Å². The first-order chi connectivity index (χ1) is 7.81. The number of benzene rings is 2. The molecule has 3 heteroatoms. The van der Waals surface area contributed by atoms with E-state index in [1.165, 1.54) is 0 Å². The number of halogens is 1. The SMILES string of the molecule is NOC(c1ccccc1)c1ccc(Cl)cc1. The molecule has 0 saturated heterocycles. The van der Waals surface area contributed by atoms with Crippen LogP contribution in [0.2, 0.25) is 5.02 Å². The zero-order valence-corrected chi connectivity index (χ0v) is 9.39. The molecule has 0 fully saturated rings. The van der Waals surface area contributed by atoms with Crippen LogP contribution in [-0.4, -0.2) is 0 Å². The number of hydrogen-bond donors (Lipinski definition) is 1. The molecular formula is C13H12ClNO. The molecule has 1 atom stereocenters. The Morgan fingerprint density at radius 3 is 2.00 bits per heavy atom. The van der Waals surface area contributed by atoms with Crippen molar-refractivity contribution in [1.82, 2.24) is 0 Å². The molecule has 0 aliphatic carbocycles. The van der Waals surface area contributed by atoms with Crippen molar-refractivity contribution in [3.05, 3.63) is 70.7 Å². The van der Waals surface area contributed by atoms with Crippen molar-refractivity contribution in [2.24, 2.45) is 5.90 Å². The molecule has 0 heterocycles. The maximum absolute atomic E-state index is 5.83. The van der Waals surface area contributed by atoms with Crippen LogP contribution in [0.1, 0.15) is 17.2 Å². The lowest BCUT2D eigenvalue weighted by Crippen LogP contribution is -2.10. The van der Waals surface area contributed by atoms with E-state index in [1.807, 2.05) is 54.6 Å². The summed E-state index contributed by atoms with van der Waals surface area (Å²) in [6.45, 7) is 0. The van der Waals surface area contributed by atoms with E-state index in [0.717, 1.165) is 11.1 Å². The summed E-state index contributed by atoms with van der Waals surface area (Å²) in [7, 11) is 0. The van der Waals surface area contributed by atoms with Gasteiger partial charge in [0.25, 0.3) is 0 Å². The van der Waals surface area contributed by atoms with Gasteiger partial charge in [0.2, 0.25) is 0 Å². The fourth-order valence-corrected chi connectivity index (χ4v) is 1.74. The lowest BCUT2D eigenvalue weighted by molar-refractivity contribution is 0.0813. The average molecular weight is 234 g/mol. The zero-order valence-electron chi connectivity index (χ0n) is 8.64. The summed E-state index contributed by atoms with van der Waals surface area (Å²) >= 11 is 5.83. The van der Waals surface area contributed by atoms with Gasteiger partial charge in [-0.1, -0.05) is 54.1 Å². The summed E-state index contributed by atoms with van der Waals surface area (Å²) in [5.41, 5.74) is 2.01. The first-order valence-electron chi connectivity index (χ1n) is 4.97. The Morgan fingerprint density at radius 2 is 1.44 bits per heavy atom. The summed E-state index contributed by atoms with van der Waals surface area (Å²) in [5, 5.41) is 0.701. The molecule has 2 aromatic rings. The highest BCUT2D eigenvalue weighted by Crippen LogP contribution is 2.25. The predicted octanol–water partition coefficient (Wildman–Crippen LogP) is 3.32. The standard InChI is InChI=1S/C13H12ClNO/c14-12-8-6-11(7-9-12)13(16-15)10-4-2-1-3-5-10/h1-9,13H,15H2. The Kier molecular flexibility index (Phi) is 3.57. The quantitative estimate of drug-likeness (QED) is 0.826. The fraction of sp³-hybridized carbons (Fsp3) is 0.0769. The minimum atomic E-state index is -0.251. The van der Waals surface area contributed by atoms with Gasteiger partial charge in [0, 0.05) is 5.02 Å². The third-order valence-electron chi connectivity index (χ3n) is 2.41. The first-order valence-corrected chi connectivity index (χ1v) is 5.35. The van der Waals surface area contributed by atoms with Crippen molar-refractivity contribution in [1.29, 1.82) is 0 Å². The fourth-order valence-electron chi connectivity index (χ4n) is 1.61. The lowest BCUT2D eigenvalue weighted by Gasteiger charge is -2.15. The van der Waals surface area contributed by atoms with Crippen molar-refractivity contribution in [3.8, 4) is 0 Å². The first kappa shape index (κ1) is 11.1. The molecule has 2 nitrogen and oxygen atoms in total. The van der Waals surface area contributed by atoms with Gasteiger partial charge in [-0.3, -0.25) is 4.84 Å². The van der Waals surface area contributed by atoms with E-state index in [9.17, 15) is 0 Å². The monoisotopic (exact) mass is 233 g/mol. The van der Waals surface area contributed by atoms with Crippen molar-refractivity contribution in [2.75, 3.05) is 0 Å². The molecule has 0 spiro atoms. The Bertz CT molecular complexity index is 441. The van der Waals surface area contributed by atoms with E-state index in [0.29, 0.717) is 5.02 Å². The summed E-state index contributed by atoms with van der Waals surface area (Å²) in [6, 6.07) is 17.3. The van der Waals surface area contributed by atoms with Crippen molar-refractivity contribution >= 4 is 11.6 Å². The largest absolute Gasteiger partial charge is 0.292 e. The van der Waals surface area contributed by atoms with Crippen LogP contribution in [0, 0.1) is 0 Å². The van der Waals surface area contributed by atoms with E-state index in [-0.39, 0.29) is 6.10 Å². The number of nitrogens with two attached hydrogens (primary N) is 1. The topological polar surface area (TPSA) is 35.2 Å². The Morgan fingerprint density at radius 1 is 0.875 bits per heavy atom. The second-order valence-corrected chi connectivity index (χ2v) is 3.91. The zero-order chi connectivity index (χ0) is 11.4. The molecule has 0 aromatic heterocycles. The van der Waals surface area contributed by atoms with Gasteiger partial charge < -0.3 is 0 Å². The molecule has 0 radical (unpaired) electrons. The minimum Gasteiger partial charge on any atom is -0.292 e. The third kappa shape index (κ3) is 2.42. The highest BCUT2D eigenvalue weighted by Gasteiger charge is 2.12. The van der Waals surface area contributed by atoms with Crippen LogP contribution in [0.5, 0.6) is 0 Å². The molecule has 0 bridgehead atoms. The molecule has 0 amide bonds. The summed E-state index contributed by atoms with van der Waals surface area (Å²) in [5.74, 6) is 5.34. The van der Waals surface area contributed by atoms with E-state index in [4.69, 9.17) is 22.3 Å². The molecule has 0 aliphatic rings. The molecule has 82 valence electrons. The number of hydrogen-bond acceptors (Lipinski definition) is 2. The van der Waals surface area contributed by atoms with Gasteiger partial charge in [-0.25, -0.2) is 5.90 Å². The van der Waals surface area contributed by atoms with Crippen molar-refractivity contribution in [3.63, 3.8) is 0 Å². The van der Waals surface area contributed by atoms with Crippen molar-refractivity contribution < 1.29 is 4.84 Å². The molecule has 2 aromatic carbocycles. The van der Waals surface area contributed by atoms with Gasteiger partial charge in [0.15, 0.2) is 0 Å². The van der Waals surface area contributed by atoms with Crippen LogP contribution in [-0.2, 0) is 4.84 Å². The Hall–Kier alpha value is -1.35. The highest BCUT2D eigenvalue weighted by molar-refractivity contribution is 6.30. The molecule has 0 aliphatic heterocycles. The van der Waals surface area contributed by atoms with Crippen LogP contribution >= 0.6 is 11.6 Å². The molecule has 16 heavy (non-hydrogen) atoms. The minimum absolute atomic E-state index is 0.251.